The quantitative estimate of drug-likeness (QED) is 0.917. The van der Waals surface area contributed by atoms with E-state index in [-0.39, 0.29) is 5.56 Å². The van der Waals surface area contributed by atoms with Gasteiger partial charge in [-0.15, -0.1) is 0 Å². The molecule has 2 aromatic rings. The highest BCUT2D eigenvalue weighted by Gasteiger charge is 2.04. The van der Waals surface area contributed by atoms with Gasteiger partial charge in [0.1, 0.15) is 5.69 Å². The highest BCUT2D eigenvalue weighted by molar-refractivity contribution is 9.10. The van der Waals surface area contributed by atoms with E-state index in [2.05, 4.69) is 30.9 Å². The molecule has 2 heterocycles. The first kappa shape index (κ1) is 11.0. The number of hydrogen-bond donors (Lipinski definition) is 1. The molecule has 4 nitrogen and oxygen atoms in total. The van der Waals surface area contributed by atoms with Crippen LogP contribution in [-0.4, -0.2) is 15.0 Å². The highest BCUT2D eigenvalue weighted by atomic mass is 79.9. The predicted molar refractivity (Wildman–Crippen MR) is 65.2 cm³/mol. The SMILES string of the molecule is CCc1cc(=O)[nH]c(-c2ccc(Br)cn2)n1. The van der Waals surface area contributed by atoms with Crippen LogP contribution >= 0.6 is 15.9 Å². The first-order valence-electron chi connectivity index (χ1n) is 4.91. The van der Waals surface area contributed by atoms with Gasteiger partial charge < -0.3 is 4.98 Å². The molecule has 16 heavy (non-hydrogen) atoms. The monoisotopic (exact) mass is 279 g/mol. The minimum Gasteiger partial charge on any atom is -0.305 e. The third kappa shape index (κ3) is 2.36. The van der Waals surface area contributed by atoms with Crippen LogP contribution in [0.3, 0.4) is 0 Å². The van der Waals surface area contributed by atoms with Gasteiger partial charge in [-0.3, -0.25) is 9.78 Å². The van der Waals surface area contributed by atoms with E-state index in [0.29, 0.717) is 11.5 Å². The summed E-state index contributed by atoms with van der Waals surface area (Å²) in [6.07, 6.45) is 2.40. The van der Waals surface area contributed by atoms with E-state index in [0.717, 1.165) is 16.6 Å². The summed E-state index contributed by atoms with van der Waals surface area (Å²) in [6.45, 7) is 1.96. The Labute approximate surface area is 101 Å². The Balaban J connectivity index is 2.51. The summed E-state index contributed by atoms with van der Waals surface area (Å²) in [7, 11) is 0. The van der Waals surface area contributed by atoms with Crippen LogP contribution in [0.4, 0.5) is 0 Å². The summed E-state index contributed by atoms with van der Waals surface area (Å²) in [6, 6.07) is 5.17. The zero-order valence-electron chi connectivity index (χ0n) is 8.70. The summed E-state index contributed by atoms with van der Waals surface area (Å²) in [5.41, 5.74) is 1.28. The van der Waals surface area contributed by atoms with E-state index >= 15 is 0 Å². The molecule has 0 radical (unpaired) electrons. The van der Waals surface area contributed by atoms with Crippen molar-refractivity contribution in [2.45, 2.75) is 13.3 Å². The maximum Gasteiger partial charge on any atom is 0.251 e. The second kappa shape index (κ2) is 4.57. The lowest BCUT2D eigenvalue weighted by Gasteiger charge is -2.01. The number of nitrogens with zero attached hydrogens (tertiary/aromatic N) is 2. The molecule has 82 valence electrons. The van der Waals surface area contributed by atoms with Crippen LogP contribution in [0.5, 0.6) is 0 Å². The number of nitrogens with one attached hydrogen (secondary N) is 1. The van der Waals surface area contributed by atoms with Crippen LogP contribution < -0.4 is 5.56 Å². The van der Waals surface area contributed by atoms with Gasteiger partial charge in [-0.1, -0.05) is 6.92 Å². The molecule has 0 aliphatic heterocycles. The highest BCUT2D eigenvalue weighted by Crippen LogP contribution is 2.14. The van der Waals surface area contributed by atoms with Gasteiger partial charge in [0.15, 0.2) is 5.82 Å². The van der Waals surface area contributed by atoms with Crippen molar-refractivity contribution in [3.8, 4) is 11.5 Å². The minimum absolute atomic E-state index is 0.147. The fourth-order valence-electron chi connectivity index (χ4n) is 1.33. The maximum atomic E-state index is 11.4. The van der Waals surface area contributed by atoms with Gasteiger partial charge in [0.2, 0.25) is 0 Å². The molecule has 0 unspecified atom stereocenters. The molecular weight excluding hydrogens is 270 g/mol. The number of aromatic amines is 1. The zero-order valence-corrected chi connectivity index (χ0v) is 10.3. The van der Waals surface area contributed by atoms with Crippen molar-refractivity contribution in [1.29, 1.82) is 0 Å². The third-order valence-corrected chi connectivity index (χ3v) is 2.60. The molecule has 0 fully saturated rings. The van der Waals surface area contributed by atoms with E-state index in [1.54, 1.807) is 6.20 Å². The lowest BCUT2D eigenvalue weighted by atomic mass is 10.3. The summed E-state index contributed by atoms with van der Waals surface area (Å²) in [5.74, 6) is 0.511. The lowest BCUT2D eigenvalue weighted by Crippen LogP contribution is -2.10. The molecule has 0 saturated heterocycles. The van der Waals surface area contributed by atoms with Gasteiger partial charge in [0, 0.05) is 22.4 Å². The second-order valence-corrected chi connectivity index (χ2v) is 4.22. The second-order valence-electron chi connectivity index (χ2n) is 3.30. The van der Waals surface area contributed by atoms with Crippen molar-refractivity contribution in [1.82, 2.24) is 15.0 Å². The molecule has 0 amide bonds. The normalized spacial score (nSPS) is 10.4. The largest absolute Gasteiger partial charge is 0.305 e. The van der Waals surface area contributed by atoms with Crippen LogP contribution in [0.2, 0.25) is 0 Å². The Hall–Kier alpha value is -1.49. The average Bonchev–Trinajstić information content (AvgIpc) is 2.29. The number of H-pyrrole nitrogens is 1. The Bertz CT molecular complexity index is 548. The molecular formula is C11H10BrN3O. The maximum absolute atomic E-state index is 11.4. The Morgan fingerprint density at radius 3 is 2.88 bits per heavy atom. The fourth-order valence-corrected chi connectivity index (χ4v) is 1.56. The van der Waals surface area contributed by atoms with Crippen LogP contribution in [0.1, 0.15) is 12.6 Å². The third-order valence-electron chi connectivity index (χ3n) is 2.13. The lowest BCUT2D eigenvalue weighted by molar-refractivity contribution is 0.979. The van der Waals surface area contributed by atoms with Gasteiger partial charge in [-0.25, -0.2) is 4.98 Å². The summed E-state index contributed by atoms with van der Waals surface area (Å²) < 4.78 is 0.894. The number of aromatic nitrogens is 3. The Kier molecular flexibility index (Phi) is 3.14. The molecule has 0 aliphatic carbocycles. The molecule has 0 spiro atoms. The van der Waals surface area contributed by atoms with Gasteiger partial charge in [0.05, 0.1) is 0 Å². The smallest absolute Gasteiger partial charge is 0.251 e. The predicted octanol–water partition coefficient (Wildman–Crippen LogP) is 2.16. The summed E-state index contributed by atoms with van der Waals surface area (Å²) >= 11 is 3.31. The average molecular weight is 280 g/mol. The molecule has 0 saturated carbocycles. The van der Waals surface area contributed by atoms with Crippen LogP contribution in [-0.2, 0) is 6.42 Å². The van der Waals surface area contributed by atoms with Crippen molar-refractivity contribution in [3.63, 3.8) is 0 Å². The van der Waals surface area contributed by atoms with Crippen molar-refractivity contribution >= 4 is 15.9 Å². The zero-order chi connectivity index (χ0) is 11.5. The molecule has 0 bridgehead atoms. The van der Waals surface area contributed by atoms with E-state index in [1.807, 2.05) is 19.1 Å². The first-order valence-corrected chi connectivity index (χ1v) is 5.70. The number of rotatable bonds is 2. The molecule has 0 atom stereocenters. The standard InChI is InChI=1S/C11H10BrN3O/c1-2-8-5-10(16)15-11(14-8)9-4-3-7(12)6-13-9/h3-6H,2H2,1H3,(H,14,15,16). The van der Waals surface area contributed by atoms with Gasteiger partial charge >= 0.3 is 0 Å². The van der Waals surface area contributed by atoms with Crippen molar-refractivity contribution in [2.75, 3.05) is 0 Å². The fraction of sp³-hybridized carbons (Fsp3) is 0.182. The molecule has 5 heteroatoms. The van der Waals surface area contributed by atoms with E-state index in [1.165, 1.54) is 6.07 Å². The summed E-state index contributed by atoms with van der Waals surface area (Å²) in [4.78, 5) is 22.6. The first-order chi connectivity index (χ1) is 7.69. The minimum atomic E-state index is -0.147. The number of hydrogen-bond acceptors (Lipinski definition) is 3. The van der Waals surface area contributed by atoms with E-state index in [4.69, 9.17) is 0 Å². The number of aryl methyl sites for hydroxylation is 1. The summed E-state index contributed by atoms with van der Waals surface area (Å²) in [5, 5.41) is 0. The molecule has 2 aromatic heterocycles. The molecule has 0 aromatic carbocycles. The van der Waals surface area contributed by atoms with Crippen molar-refractivity contribution in [2.24, 2.45) is 0 Å². The van der Waals surface area contributed by atoms with Gasteiger partial charge in [0.25, 0.3) is 5.56 Å². The van der Waals surface area contributed by atoms with Crippen molar-refractivity contribution in [3.05, 3.63) is 44.9 Å². The van der Waals surface area contributed by atoms with Crippen LogP contribution in [0.15, 0.2) is 33.7 Å². The van der Waals surface area contributed by atoms with E-state index < -0.39 is 0 Å². The Morgan fingerprint density at radius 2 is 2.25 bits per heavy atom. The molecule has 1 N–H and O–H groups in total. The van der Waals surface area contributed by atoms with Crippen LogP contribution in [0.25, 0.3) is 11.5 Å². The van der Waals surface area contributed by atoms with E-state index in [9.17, 15) is 4.79 Å². The number of halogens is 1. The van der Waals surface area contributed by atoms with Crippen molar-refractivity contribution < 1.29 is 0 Å². The van der Waals surface area contributed by atoms with Gasteiger partial charge in [-0.05, 0) is 34.5 Å². The van der Waals surface area contributed by atoms with Crippen LogP contribution in [0, 0.1) is 0 Å². The molecule has 2 rings (SSSR count). The Morgan fingerprint density at radius 1 is 1.44 bits per heavy atom. The van der Waals surface area contributed by atoms with Gasteiger partial charge in [-0.2, -0.15) is 0 Å². The molecule has 0 aliphatic rings. The number of pyridine rings is 1. The topological polar surface area (TPSA) is 58.6 Å².